The number of aryl methyl sites for hydroxylation is 1. The smallest absolute Gasteiger partial charge is 0.438 e. The molecular weight excluding hydrogens is 216 g/mol. The lowest BCUT2D eigenvalue weighted by Gasteiger charge is -2.03. The molecule has 0 spiro atoms. The number of carbonyl (C=O) groups excluding carboxylic acids is 1. The molecule has 1 aromatic carbocycles. The van der Waals surface area contributed by atoms with Gasteiger partial charge in [0.25, 0.3) is 0 Å². The minimum Gasteiger partial charge on any atom is -0.438 e. The maximum Gasteiger partial charge on any atom is 0.508 e. The zero-order chi connectivity index (χ0) is 12.5. The van der Waals surface area contributed by atoms with Crippen LogP contribution in [0.15, 0.2) is 42.0 Å². The van der Waals surface area contributed by atoms with Crippen LogP contribution < -0.4 is 0 Å². The molecule has 0 radical (unpaired) electrons. The van der Waals surface area contributed by atoms with E-state index in [0.29, 0.717) is 0 Å². The van der Waals surface area contributed by atoms with E-state index in [1.807, 2.05) is 31.2 Å². The standard InChI is InChI=1S/C14H18O3/c1-12(10-11-17-14(15)16-2)8-9-13-6-4-3-5-7-13/h3-7,10H,8-9,11H2,1-2H3/b12-10+. The van der Waals surface area contributed by atoms with Gasteiger partial charge >= 0.3 is 6.16 Å². The molecule has 1 rings (SSSR count). The quantitative estimate of drug-likeness (QED) is 0.579. The van der Waals surface area contributed by atoms with Crippen LogP contribution in [0.1, 0.15) is 18.9 Å². The number of hydrogen-bond acceptors (Lipinski definition) is 3. The zero-order valence-corrected chi connectivity index (χ0v) is 10.3. The largest absolute Gasteiger partial charge is 0.508 e. The van der Waals surface area contributed by atoms with Crippen molar-refractivity contribution in [2.45, 2.75) is 19.8 Å². The molecule has 0 amide bonds. The molecule has 0 aliphatic carbocycles. The Balaban J connectivity index is 2.27. The van der Waals surface area contributed by atoms with Gasteiger partial charge in [0.05, 0.1) is 7.11 Å². The molecule has 0 fully saturated rings. The molecule has 0 aliphatic heterocycles. The van der Waals surface area contributed by atoms with Crippen molar-refractivity contribution in [3.8, 4) is 0 Å². The normalized spacial score (nSPS) is 11.1. The Morgan fingerprint density at radius 1 is 1.29 bits per heavy atom. The summed E-state index contributed by atoms with van der Waals surface area (Å²) in [5.74, 6) is 0. The summed E-state index contributed by atoms with van der Waals surface area (Å²) in [7, 11) is 1.30. The van der Waals surface area contributed by atoms with E-state index in [2.05, 4.69) is 16.9 Å². The van der Waals surface area contributed by atoms with Crippen molar-refractivity contribution in [1.82, 2.24) is 0 Å². The van der Waals surface area contributed by atoms with Crippen molar-refractivity contribution >= 4 is 6.16 Å². The van der Waals surface area contributed by atoms with Crippen LogP contribution in [0.4, 0.5) is 4.79 Å². The Morgan fingerprint density at radius 3 is 2.65 bits per heavy atom. The van der Waals surface area contributed by atoms with Crippen LogP contribution in [0, 0.1) is 0 Å². The summed E-state index contributed by atoms with van der Waals surface area (Å²) in [5.41, 5.74) is 2.52. The predicted molar refractivity (Wildman–Crippen MR) is 66.9 cm³/mol. The molecule has 3 heteroatoms. The second-order valence-electron chi connectivity index (χ2n) is 3.80. The fraction of sp³-hybridized carbons (Fsp3) is 0.357. The molecule has 3 nitrogen and oxygen atoms in total. The average Bonchev–Trinajstić information content (AvgIpc) is 2.37. The summed E-state index contributed by atoms with van der Waals surface area (Å²) in [6.07, 6.45) is 3.23. The van der Waals surface area contributed by atoms with E-state index < -0.39 is 6.16 Å². The summed E-state index contributed by atoms with van der Waals surface area (Å²) in [6.45, 7) is 2.30. The molecular formula is C14H18O3. The molecule has 0 aromatic heterocycles. The average molecular weight is 234 g/mol. The van der Waals surface area contributed by atoms with Gasteiger partial charge in [0.1, 0.15) is 6.61 Å². The Bertz CT molecular complexity index is 368. The van der Waals surface area contributed by atoms with Crippen molar-refractivity contribution in [1.29, 1.82) is 0 Å². The second kappa shape index (κ2) is 7.49. The van der Waals surface area contributed by atoms with E-state index in [4.69, 9.17) is 4.74 Å². The van der Waals surface area contributed by atoms with Gasteiger partial charge < -0.3 is 9.47 Å². The van der Waals surface area contributed by atoms with Crippen LogP contribution in [0.25, 0.3) is 0 Å². The lowest BCUT2D eigenvalue weighted by Crippen LogP contribution is -2.04. The fourth-order valence-corrected chi connectivity index (χ4v) is 1.40. The van der Waals surface area contributed by atoms with E-state index in [-0.39, 0.29) is 6.61 Å². The van der Waals surface area contributed by atoms with E-state index in [1.165, 1.54) is 18.2 Å². The monoisotopic (exact) mass is 234 g/mol. The maximum absolute atomic E-state index is 10.7. The summed E-state index contributed by atoms with van der Waals surface area (Å²) in [5, 5.41) is 0. The second-order valence-corrected chi connectivity index (χ2v) is 3.80. The van der Waals surface area contributed by atoms with Gasteiger partial charge in [-0.3, -0.25) is 0 Å². The molecule has 0 aliphatic rings. The number of methoxy groups -OCH3 is 1. The van der Waals surface area contributed by atoms with Gasteiger partial charge in [0.2, 0.25) is 0 Å². The summed E-state index contributed by atoms with van der Waals surface area (Å²) in [6, 6.07) is 10.3. The van der Waals surface area contributed by atoms with Gasteiger partial charge in [-0.2, -0.15) is 0 Å². The molecule has 0 bridgehead atoms. The fourth-order valence-electron chi connectivity index (χ4n) is 1.40. The minimum atomic E-state index is -0.642. The molecule has 1 aromatic rings. The van der Waals surface area contributed by atoms with Gasteiger partial charge in [0, 0.05) is 0 Å². The van der Waals surface area contributed by atoms with Crippen molar-refractivity contribution in [2.24, 2.45) is 0 Å². The number of hydrogen-bond donors (Lipinski definition) is 0. The molecule has 0 heterocycles. The van der Waals surface area contributed by atoms with Crippen molar-refractivity contribution < 1.29 is 14.3 Å². The van der Waals surface area contributed by atoms with Gasteiger partial charge in [-0.05, 0) is 31.4 Å². The van der Waals surface area contributed by atoms with Crippen molar-refractivity contribution in [3.63, 3.8) is 0 Å². The Morgan fingerprint density at radius 2 is 2.00 bits per heavy atom. The third-order valence-corrected chi connectivity index (χ3v) is 2.45. The minimum absolute atomic E-state index is 0.271. The van der Waals surface area contributed by atoms with Crippen LogP contribution in [-0.4, -0.2) is 19.9 Å². The first-order chi connectivity index (χ1) is 8.22. The highest BCUT2D eigenvalue weighted by Crippen LogP contribution is 2.08. The lowest BCUT2D eigenvalue weighted by molar-refractivity contribution is 0.0816. The molecule has 0 saturated carbocycles. The predicted octanol–water partition coefficient (Wildman–Crippen LogP) is 3.35. The highest BCUT2D eigenvalue weighted by Gasteiger charge is 1.98. The first-order valence-electron chi connectivity index (χ1n) is 5.62. The van der Waals surface area contributed by atoms with E-state index in [1.54, 1.807) is 0 Å². The van der Waals surface area contributed by atoms with Gasteiger partial charge in [-0.25, -0.2) is 4.79 Å². The molecule has 0 N–H and O–H groups in total. The first kappa shape index (κ1) is 13.3. The van der Waals surface area contributed by atoms with Crippen LogP contribution in [0.3, 0.4) is 0 Å². The van der Waals surface area contributed by atoms with Gasteiger partial charge in [-0.15, -0.1) is 0 Å². The van der Waals surface area contributed by atoms with Crippen LogP contribution in [-0.2, 0) is 15.9 Å². The summed E-state index contributed by atoms with van der Waals surface area (Å²) in [4.78, 5) is 10.7. The third kappa shape index (κ3) is 5.76. The highest BCUT2D eigenvalue weighted by atomic mass is 16.7. The van der Waals surface area contributed by atoms with E-state index in [9.17, 15) is 4.79 Å². The Hall–Kier alpha value is -1.77. The van der Waals surface area contributed by atoms with E-state index >= 15 is 0 Å². The van der Waals surface area contributed by atoms with Crippen molar-refractivity contribution in [2.75, 3.05) is 13.7 Å². The van der Waals surface area contributed by atoms with Crippen LogP contribution in [0.5, 0.6) is 0 Å². The number of ether oxygens (including phenoxy) is 2. The van der Waals surface area contributed by atoms with Crippen LogP contribution >= 0.6 is 0 Å². The number of benzene rings is 1. The summed E-state index contributed by atoms with van der Waals surface area (Å²) < 4.78 is 9.15. The Kier molecular flexibility index (Phi) is 5.86. The topological polar surface area (TPSA) is 35.5 Å². The van der Waals surface area contributed by atoms with Crippen LogP contribution in [0.2, 0.25) is 0 Å². The SMILES string of the molecule is COC(=O)OC/C=C(\C)CCc1ccccc1. The van der Waals surface area contributed by atoms with Gasteiger partial charge in [-0.1, -0.05) is 35.9 Å². The van der Waals surface area contributed by atoms with E-state index in [0.717, 1.165) is 12.8 Å². The molecule has 0 saturated heterocycles. The molecule has 92 valence electrons. The third-order valence-electron chi connectivity index (χ3n) is 2.45. The maximum atomic E-state index is 10.7. The van der Waals surface area contributed by atoms with Crippen molar-refractivity contribution in [3.05, 3.63) is 47.5 Å². The molecule has 0 atom stereocenters. The Labute approximate surface area is 102 Å². The number of allylic oxidation sites excluding steroid dienone is 1. The summed E-state index contributed by atoms with van der Waals surface area (Å²) >= 11 is 0. The highest BCUT2D eigenvalue weighted by molar-refractivity contribution is 5.59. The molecule has 0 unspecified atom stereocenters. The molecule has 17 heavy (non-hydrogen) atoms. The lowest BCUT2D eigenvalue weighted by atomic mass is 10.1. The zero-order valence-electron chi connectivity index (χ0n) is 10.3. The first-order valence-corrected chi connectivity index (χ1v) is 5.62. The van der Waals surface area contributed by atoms with Gasteiger partial charge in [0.15, 0.2) is 0 Å². The number of rotatable bonds is 5. The number of carbonyl (C=O) groups is 1.